The second kappa shape index (κ2) is 2.70. The molecular formula is C5H6ClN3O. The molecule has 0 bridgehead atoms. The van der Waals surface area contributed by atoms with E-state index in [1.54, 1.807) is 0 Å². The molecule has 1 rings (SSSR count). The van der Waals surface area contributed by atoms with Crippen LogP contribution in [0.15, 0.2) is 6.20 Å². The first kappa shape index (κ1) is 7.08. The summed E-state index contributed by atoms with van der Waals surface area (Å²) in [6.07, 6.45) is 1.42. The number of hydrogen-bond donors (Lipinski definition) is 2. The number of hydrogen-bond acceptors (Lipinski definition) is 2. The Balaban J connectivity index is 2.74. The summed E-state index contributed by atoms with van der Waals surface area (Å²) < 4.78 is 0. The van der Waals surface area contributed by atoms with E-state index in [2.05, 4.69) is 15.5 Å². The standard InChI is InChI=1S/C5H6ClN3O/c1-3(10)8-5-4(6)2-7-9-5/h2H,1H3,(H2,7,8,9,10). The molecule has 4 nitrogen and oxygen atoms in total. The summed E-state index contributed by atoms with van der Waals surface area (Å²) in [5, 5.41) is 9.00. The molecule has 1 aromatic rings. The smallest absolute Gasteiger partial charge is 0.222 e. The van der Waals surface area contributed by atoms with Crippen molar-refractivity contribution in [3.63, 3.8) is 0 Å². The van der Waals surface area contributed by atoms with Crippen LogP contribution in [0.3, 0.4) is 0 Å². The number of H-pyrrole nitrogens is 1. The summed E-state index contributed by atoms with van der Waals surface area (Å²) in [4.78, 5) is 10.4. The van der Waals surface area contributed by atoms with Crippen LogP contribution in [0.4, 0.5) is 5.82 Å². The lowest BCUT2D eigenvalue weighted by Crippen LogP contribution is -2.06. The normalized spacial score (nSPS) is 9.40. The van der Waals surface area contributed by atoms with Gasteiger partial charge in [0.1, 0.15) is 10.8 Å². The Morgan fingerprint density at radius 3 is 3.00 bits per heavy atom. The Morgan fingerprint density at radius 2 is 2.60 bits per heavy atom. The van der Waals surface area contributed by atoms with Crippen LogP contribution in [-0.4, -0.2) is 16.1 Å². The zero-order valence-corrected chi connectivity index (χ0v) is 6.07. The van der Waals surface area contributed by atoms with Crippen LogP contribution in [0.5, 0.6) is 0 Å². The minimum Gasteiger partial charge on any atom is -0.310 e. The molecule has 0 saturated carbocycles. The fraction of sp³-hybridized carbons (Fsp3) is 0.200. The highest BCUT2D eigenvalue weighted by atomic mass is 35.5. The predicted molar refractivity (Wildman–Crippen MR) is 37.9 cm³/mol. The van der Waals surface area contributed by atoms with Crippen molar-refractivity contribution in [2.45, 2.75) is 6.92 Å². The zero-order valence-electron chi connectivity index (χ0n) is 5.31. The van der Waals surface area contributed by atoms with Gasteiger partial charge in [0, 0.05) is 6.92 Å². The lowest BCUT2D eigenvalue weighted by Gasteiger charge is -1.95. The highest BCUT2D eigenvalue weighted by Crippen LogP contribution is 2.16. The average molecular weight is 160 g/mol. The minimum atomic E-state index is -0.175. The molecule has 0 unspecified atom stereocenters. The van der Waals surface area contributed by atoms with Gasteiger partial charge < -0.3 is 5.32 Å². The van der Waals surface area contributed by atoms with E-state index in [9.17, 15) is 4.79 Å². The number of anilines is 1. The molecular weight excluding hydrogens is 154 g/mol. The van der Waals surface area contributed by atoms with Gasteiger partial charge >= 0.3 is 0 Å². The monoisotopic (exact) mass is 159 g/mol. The number of carbonyl (C=O) groups is 1. The van der Waals surface area contributed by atoms with E-state index < -0.39 is 0 Å². The second-order valence-electron chi connectivity index (χ2n) is 1.77. The number of rotatable bonds is 1. The highest BCUT2D eigenvalue weighted by molar-refractivity contribution is 6.33. The van der Waals surface area contributed by atoms with Crippen molar-refractivity contribution < 1.29 is 4.79 Å². The molecule has 54 valence electrons. The van der Waals surface area contributed by atoms with Gasteiger partial charge in [-0.25, -0.2) is 0 Å². The summed E-state index contributed by atoms with van der Waals surface area (Å²) in [7, 11) is 0. The van der Waals surface area contributed by atoms with Crippen molar-refractivity contribution in [1.29, 1.82) is 0 Å². The summed E-state index contributed by atoms with van der Waals surface area (Å²) in [5.41, 5.74) is 0. The van der Waals surface area contributed by atoms with Crippen LogP contribution < -0.4 is 5.32 Å². The highest BCUT2D eigenvalue weighted by Gasteiger charge is 2.01. The van der Waals surface area contributed by atoms with Gasteiger partial charge in [-0.05, 0) is 0 Å². The third-order valence-electron chi connectivity index (χ3n) is 0.894. The van der Waals surface area contributed by atoms with Crippen LogP contribution in [0.25, 0.3) is 0 Å². The van der Waals surface area contributed by atoms with Gasteiger partial charge in [0.2, 0.25) is 5.91 Å². The molecule has 0 aliphatic rings. The number of halogens is 1. The third-order valence-corrected chi connectivity index (χ3v) is 1.18. The van der Waals surface area contributed by atoms with Crippen molar-refractivity contribution in [3.05, 3.63) is 11.2 Å². The fourth-order valence-electron chi connectivity index (χ4n) is 0.535. The Morgan fingerprint density at radius 1 is 1.90 bits per heavy atom. The fourth-order valence-corrected chi connectivity index (χ4v) is 0.673. The van der Waals surface area contributed by atoms with Gasteiger partial charge in [0.25, 0.3) is 0 Å². The maximum atomic E-state index is 10.4. The number of aromatic amines is 1. The molecule has 5 heteroatoms. The van der Waals surface area contributed by atoms with Crippen LogP contribution in [0.1, 0.15) is 6.92 Å². The SMILES string of the molecule is CC(=O)Nc1[nH]ncc1Cl. The van der Waals surface area contributed by atoms with Crippen LogP contribution in [0.2, 0.25) is 5.02 Å². The average Bonchev–Trinajstić information content (AvgIpc) is 2.15. The number of nitrogens with one attached hydrogen (secondary N) is 2. The molecule has 2 N–H and O–H groups in total. The number of amides is 1. The molecule has 0 radical (unpaired) electrons. The Labute approximate surface area is 62.6 Å². The van der Waals surface area contributed by atoms with Gasteiger partial charge in [-0.2, -0.15) is 5.10 Å². The van der Waals surface area contributed by atoms with E-state index in [0.29, 0.717) is 10.8 Å². The van der Waals surface area contributed by atoms with Crippen molar-refractivity contribution in [1.82, 2.24) is 10.2 Å². The lowest BCUT2D eigenvalue weighted by atomic mass is 10.6. The topological polar surface area (TPSA) is 57.8 Å². The predicted octanol–water partition coefficient (Wildman–Crippen LogP) is 1.02. The number of carbonyl (C=O) groups excluding carboxylic acids is 1. The van der Waals surface area contributed by atoms with E-state index in [4.69, 9.17) is 11.6 Å². The third kappa shape index (κ3) is 1.48. The zero-order chi connectivity index (χ0) is 7.56. The molecule has 0 atom stereocenters. The van der Waals surface area contributed by atoms with Crippen molar-refractivity contribution in [2.75, 3.05) is 5.32 Å². The van der Waals surface area contributed by atoms with Crippen molar-refractivity contribution in [2.24, 2.45) is 0 Å². The first-order valence-electron chi connectivity index (χ1n) is 2.66. The van der Waals surface area contributed by atoms with E-state index in [1.807, 2.05) is 0 Å². The van der Waals surface area contributed by atoms with E-state index >= 15 is 0 Å². The lowest BCUT2D eigenvalue weighted by molar-refractivity contribution is -0.114. The van der Waals surface area contributed by atoms with Gasteiger partial charge in [-0.3, -0.25) is 9.89 Å². The molecule has 0 aromatic carbocycles. The van der Waals surface area contributed by atoms with Gasteiger partial charge in [-0.1, -0.05) is 11.6 Å². The molecule has 0 aliphatic heterocycles. The van der Waals surface area contributed by atoms with Crippen molar-refractivity contribution >= 4 is 23.3 Å². The summed E-state index contributed by atoms with van der Waals surface area (Å²) in [5.74, 6) is 0.264. The van der Waals surface area contributed by atoms with Crippen LogP contribution in [-0.2, 0) is 4.79 Å². The van der Waals surface area contributed by atoms with E-state index in [0.717, 1.165) is 0 Å². The maximum Gasteiger partial charge on any atom is 0.222 e. The molecule has 0 spiro atoms. The molecule has 0 saturated heterocycles. The molecule has 1 aromatic heterocycles. The van der Waals surface area contributed by atoms with Crippen molar-refractivity contribution in [3.8, 4) is 0 Å². The second-order valence-corrected chi connectivity index (χ2v) is 2.18. The van der Waals surface area contributed by atoms with Gasteiger partial charge in [0.05, 0.1) is 6.20 Å². The summed E-state index contributed by atoms with van der Waals surface area (Å²) in [6, 6.07) is 0. The molecule has 0 fully saturated rings. The molecule has 10 heavy (non-hydrogen) atoms. The molecule has 1 amide bonds. The van der Waals surface area contributed by atoms with E-state index in [-0.39, 0.29) is 5.91 Å². The van der Waals surface area contributed by atoms with Gasteiger partial charge in [0.15, 0.2) is 0 Å². The first-order valence-corrected chi connectivity index (χ1v) is 3.04. The van der Waals surface area contributed by atoms with Crippen LogP contribution in [0, 0.1) is 0 Å². The molecule has 1 heterocycles. The first-order chi connectivity index (χ1) is 4.70. The van der Waals surface area contributed by atoms with E-state index in [1.165, 1.54) is 13.1 Å². The summed E-state index contributed by atoms with van der Waals surface area (Å²) >= 11 is 5.58. The largest absolute Gasteiger partial charge is 0.310 e. The minimum absolute atomic E-state index is 0.175. The van der Waals surface area contributed by atoms with Gasteiger partial charge in [-0.15, -0.1) is 0 Å². The van der Waals surface area contributed by atoms with Crippen LogP contribution >= 0.6 is 11.6 Å². The summed E-state index contributed by atoms with van der Waals surface area (Å²) in [6.45, 7) is 1.40. The Hall–Kier alpha value is -1.03. The number of aromatic nitrogens is 2. The Kier molecular flexibility index (Phi) is 1.91. The molecule has 0 aliphatic carbocycles. The maximum absolute atomic E-state index is 10.4. The Bertz CT molecular complexity index is 245. The number of nitrogens with zero attached hydrogens (tertiary/aromatic N) is 1. The quantitative estimate of drug-likeness (QED) is 0.643.